The van der Waals surface area contributed by atoms with E-state index in [-0.39, 0.29) is 0 Å². The summed E-state index contributed by atoms with van der Waals surface area (Å²) in [5.41, 5.74) is 10.1. The van der Waals surface area contributed by atoms with Crippen molar-refractivity contribution >= 4 is 75.3 Å². The Balaban J connectivity index is 1.10. The molecule has 12 aromatic rings. The van der Waals surface area contributed by atoms with Crippen LogP contribution in [0.5, 0.6) is 0 Å². The van der Waals surface area contributed by atoms with Crippen molar-refractivity contribution < 1.29 is 4.42 Å². The molecule has 0 N–H and O–H groups in total. The van der Waals surface area contributed by atoms with Gasteiger partial charge in [-0.25, -0.2) is 15.0 Å². The van der Waals surface area contributed by atoms with Crippen LogP contribution >= 0.6 is 11.3 Å². The standard InChI is InChI=1S/C51H30N4OS/c1-3-14-31(15-4-1)49-52-50(54-51(53-49)39-23-11-21-37-36-19-8-10-27-45(36)57-48(37)39)38-22-13-26-44-47(38)46-34(20-12-25-43(46)56-44)32-28-29-42-40(30-32)35-18-7-9-24-41(35)55(42)33-16-5-2-6-17-33/h1-30H. The second kappa shape index (κ2) is 12.6. The molecule has 6 heteroatoms. The first-order chi connectivity index (χ1) is 28.3. The summed E-state index contributed by atoms with van der Waals surface area (Å²) in [6, 6.07) is 63.7. The van der Waals surface area contributed by atoms with Crippen molar-refractivity contribution in [2.24, 2.45) is 0 Å². The predicted molar refractivity (Wildman–Crippen MR) is 236 cm³/mol. The van der Waals surface area contributed by atoms with Crippen LogP contribution in [0.3, 0.4) is 0 Å². The average molecular weight is 747 g/mol. The van der Waals surface area contributed by atoms with Crippen molar-refractivity contribution in [2.45, 2.75) is 0 Å². The van der Waals surface area contributed by atoms with Crippen LogP contribution in [0.4, 0.5) is 0 Å². The second-order valence-electron chi connectivity index (χ2n) is 14.3. The van der Waals surface area contributed by atoms with E-state index in [1.807, 2.05) is 30.3 Å². The van der Waals surface area contributed by atoms with E-state index in [2.05, 4.69) is 156 Å². The molecule has 266 valence electrons. The van der Waals surface area contributed by atoms with E-state index in [9.17, 15) is 0 Å². The third kappa shape index (κ3) is 4.98. The minimum atomic E-state index is 0.599. The van der Waals surface area contributed by atoms with Crippen LogP contribution in [0.2, 0.25) is 0 Å². The maximum atomic E-state index is 6.64. The molecule has 5 nitrogen and oxygen atoms in total. The zero-order chi connectivity index (χ0) is 37.5. The third-order valence-electron chi connectivity index (χ3n) is 11.1. The lowest BCUT2D eigenvalue weighted by Gasteiger charge is -2.11. The highest BCUT2D eigenvalue weighted by molar-refractivity contribution is 7.26. The fourth-order valence-corrected chi connectivity index (χ4v) is 9.76. The Morgan fingerprint density at radius 1 is 0.404 bits per heavy atom. The topological polar surface area (TPSA) is 56.7 Å². The molecule has 0 amide bonds. The fourth-order valence-electron chi connectivity index (χ4n) is 8.55. The number of rotatable bonds is 5. The van der Waals surface area contributed by atoms with Crippen LogP contribution in [0.25, 0.3) is 115 Å². The molecule has 0 spiro atoms. The number of aromatic nitrogens is 4. The summed E-state index contributed by atoms with van der Waals surface area (Å²) in [6.07, 6.45) is 0. The van der Waals surface area contributed by atoms with Gasteiger partial charge in [-0.1, -0.05) is 127 Å². The van der Waals surface area contributed by atoms with Gasteiger partial charge in [-0.05, 0) is 65.7 Å². The van der Waals surface area contributed by atoms with E-state index in [4.69, 9.17) is 19.4 Å². The molecule has 4 aromatic heterocycles. The normalized spacial score (nSPS) is 11.9. The Kier molecular flexibility index (Phi) is 7.03. The van der Waals surface area contributed by atoms with Gasteiger partial charge in [0.05, 0.1) is 11.0 Å². The average Bonchev–Trinajstić information content (AvgIpc) is 3.96. The van der Waals surface area contributed by atoms with Crippen LogP contribution in [-0.2, 0) is 0 Å². The number of thiophene rings is 1. The summed E-state index contributed by atoms with van der Waals surface area (Å²) in [7, 11) is 0. The molecule has 0 atom stereocenters. The summed E-state index contributed by atoms with van der Waals surface area (Å²) in [6.45, 7) is 0. The largest absolute Gasteiger partial charge is 0.456 e. The van der Waals surface area contributed by atoms with Crippen molar-refractivity contribution in [3.8, 4) is 51.0 Å². The van der Waals surface area contributed by atoms with Gasteiger partial charge < -0.3 is 8.98 Å². The molecule has 12 rings (SSSR count). The quantitative estimate of drug-likeness (QED) is 0.176. The number of para-hydroxylation sites is 2. The van der Waals surface area contributed by atoms with Gasteiger partial charge in [0, 0.05) is 64.1 Å². The van der Waals surface area contributed by atoms with Gasteiger partial charge in [0.2, 0.25) is 0 Å². The second-order valence-corrected chi connectivity index (χ2v) is 15.4. The van der Waals surface area contributed by atoms with Gasteiger partial charge in [-0.2, -0.15) is 0 Å². The SMILES string of the molecule is c1ccc(-c2nc(-c3cccc4c3sc3ccccc34)nc(-c3cccc4oc5cccc(-c6ccc7c(c6)c6ccccc6n7-c6ccccc6)c5c34)n2)cc1. The molecule has 0 fully saturated rings. The van der Waals surface area contributed by atoms with Crippen LogP contribution in [0.15, 0.2) is 186 Å². The van der Waals surface area contributed by atoms with Gasteiger partial charge in [-0.3, -0.25) is 0 Å². The van der Waals surface area contributed by atoms with E-state index in [0.717, 1.165) is 65.7 Å². The molecular weight excluding hydrogens is 717 g/mol. The molecule has 0 radical (unpaired) electrons. The summed E-state index contributed by atoms with van der Waals surface area (Å²) in [5.74, 6) is 1.86. The number of furan rings is 1. The molecule has 0 aliphatic rings. The summed E-state index contributed by atoms with van der Waals surface area (Å²) >= 11 is 1.78. The van der Waals surface area contributed by atoms with Crippen molar-refractivity contribution in [3.63, 3.8) is 0 Å². The molecule has 4 heterocycles. The lowest BCUT2D eigenvalue weighted by Crippen LogP contribution is -2.00. The molecule has 0 aliphatic carbocycles. The van der Waals surface area contributed by atoms with Crippen LogP contribution in [-0.4, -0.2) is 19.5 Å². The van der Waals surface area contributed by atoms with E-state index < -0.39 is 0 Å². The zero-order valence-corrected chi connectivity index (χ0v) is 31.2. The monoisotopic (exact) mass is 746 g/mol. The predicted octanol–water partition coefficient (Wildman–Crippen LogP) is 13.9. The number of hydrogen-bond acceptors (Lipinski definition) is 5. The highest BCUT2D eigenvalue weighted by Crippen LogP contribution is 2.44. The van der Waals surface area contributed by atoms with Gasteiger partial charge in [-0.15, -0.1) is 11.3 Å². The zero-order valence-electron chi connectivity index (χ0n) is 30.4. The van der Waals surface area contributed by atoms with Crippen molar-refractivity contribution in [1.29, 1.82) is 0 Å². The number of fused-ring (bicyclic) bond motifs is 9. The van der Waals surface area contributed by atoms with E-state index >= 15 is 0 Å². The third-order valence-corrected chi connectivity index (χ3v) is 12.3. The minimum absolute atomic E-state index is 0.599. The number of hydrogen-bond donors (Lipinski definition) is 0. The highest BCUT2D eigenvalue weighted by Gasteiger charge is 2.22. The van der Waals surface area contributed by atoms with Crippen molar-refractivity contribution in [3.05, 3.63) is 182 Å². The van der Waals surface area contributed by atoms with E-state index in [1.165, 1.54) is 31.8 Å². The minimum Gasteiger partial charge on any atom is -0.456 e. The fraction of sp³-hybridized carbons (Fsp3) is 0. The van der Waals surface area contributed by atoms with Gasteiger partial charge in [0.1, 0.15) is 11.2 Å². The van der Waals surface area contributed by atoms with Crippen LogP contribution < -0.4 is 0 Å². The molecule has 8 aromatic carbocycles. The van der Waals surface area contributed by atoms with E-state index in [1.54, 1.807) is 11.3 Å². The van der Waals surface area contributed by atoms with Gasteiger partial charge in [0.15, 0.2) is 17.5 Å². The van der Waals surface area contributed by atoms with Gasteiger partial charge in [0.25, 0.3) is 0 Å². The van der Waals surface area contributed by atoms with Crippen LogP contribution in [0.1, 0.15) is 0 Å². The molecule has 0 saturated heterocycles. The van der Waals surface area contributed by atoms with Gasteiger partial charge >= 0.3 is 0 Å². The summed E-state index contributed by atoms with van der Waals surface area (Å²) in [5, 5.41) is 6.86. The Bertz CT molecular complexity index is 3530. The lowest BCUT2D eigenvalue weighted by molar-refractivity contribution is 0.669. The first-order valence-corrected chi connectivity index (χ1v) is 19.8. The maximum Gasteiger partial charge on any atom is 0.165 e. The highest BCUT2D eigenvalue weighted by atomic mass is 32.1. The lowest BCUT2D eigenvalue weighted by atomic mass is 9.96. The Labute approximate surface area is 330 Å². The summed E-state index contributed by atoms with van der Waals surface area (Å²) < 4.78 is 11.4. The molecule has 0 saturated carbocycles. The first-order valence-electron chi connectivity index (χ1n) is 19.0. The Hall–Kier alpha value is -7.41. The van der Waals surface area contributed by atoms with E-state index in [0.29, 0.717) is 17.5 Å². The molecule has 0 bridgehead atoms. The van der Waals surface area contributed by atoms with Crippen molar-refractivity contribution in [1.82, 2.24) is 19.5 Å². The maximum absolute atomic E-state index is 6.64. The number of benzene rings is 8. The smallest absolute Gasteiger partial charge is 0.165 e. The summed E-state index contributed by atoms with van der Waals surface area (Å²) in [4.78, 5) is 15.7. The molecule has 0 aliphatic heterocycles. The van der Waals surface area contributed by atoms with Crippen LogP contribution in [0, 0.1) is 0 Å². The molecule has 57 heavy (non-hydrogen) atoms. The first kappa shape index (κ1) is 31.9. The van der Waals surface area contributed by atoms with Crippen molar-refractivity contribution in [2.75, 3.05) is 0 Å². The Morgan fingerprint density at radius 2 is 1.00 bits per heavy atom. The molecular formula is C51H30N4OS. The number of nitrogens with zero attached hydrogens (tertiary/aromatic N) is 4. The molecule has 0 unspecified atom stereocenters. The Morgan fingerprint density at radius 3 is 1.82 bits per heavy atom.